The maximum absolute atomic E-state index is 12.5. The fourth-order valence-electron chi connectivity index (χ4n) is 2.72. The SMILES string of the molecule is COc1ccc(C(=O)CSc2n[nH]c(=O)n2CCc2ccccc2)cc1OC. The Labute approximate surface area is 166 Å². The zero-order valence-corrected chi connectivity index (χ0v) is 16.5. The van der Waals surface area contributed by atoms with Gasteiger partial charge in [-0.15, -0.1) is 5.10 Å². The summed E-state index contributed by atoms with van der Waals surface area (Å²) in [6, 6.07) is 14.9. The lowest BCUT2D eigenvalue weighted by molar-refractivity contribution is 0.102. The Morgan fingerprint density at radius 1 is 1.11 bits per heavy atom. The third-order valence-electron chi connectivity index (χ3n) is 4.23. The number of H-pyrrole nitrogens is 1. The zero-order chi connectivity index (χ0) is 19.9. The number of ether oxygens (including phenoxy) is 2. The lowest BCUT2D eigenvalue weighted by Gasteiger charge is -2.09. The summed E-state index contributed by atoms with van der Waals surface area (Å²) in [7, 11) is 3.07. The minimum absolute atomic E-state index is 0.0870. The number of hydrogen-bond donors (Lipinski definition) is 1. The van der Waals surface area contributed by atoms with Gasteiger partial charge in [0.2, 0.25) is 0 Å². The Bertz CT molecular complexity index is 998. The second-order valence-corrected chi connectivity index (χ2v) is 6.92. The van der Waals surface area contributed by atoms with Gasteiger partial charge in [0.1, 0.15) is 0 Å². The number of rotatable bonds is 9. The van der Waals surface area contributed by atoms with Crippen molar-refractivity contribution in [2.24, 2.45) is 0 Å². The first-order valence-electron chi connectivity index (χ1n) is 8.69. The lowest BCUT2D eigenvalue weighted by Crippen LogP contribution is -2.19. The smallest absolute Gasteiger partial charge is 0.343 e. The Morgan fingerprint density at radius 2 is 1.86 bits per heavy atom. The van der Waals surface area contributed by atoms with E-state index in [0.29, 0.717) is 35.2 Å². The van der Waals surface area contributed by atoms with Gasteiger partial charge >= 0.3 is 5.69 Å². The van der Waals surface area contributed by atoms with Crippen LogP contribution in [0.25, 0.3) is 0 Å². The number of ketones is 1. The molecule has 0 saturated heterocycles. The van der Waals surface area contributed by atoms with Crippen LogP contribution >= 0.6 is 11.8 Å². The first-order valence-corrected chi connectivity index (χ1v) is 9.68. The largest absolute Gasteiger partial charge is 0.493 e. The minimum Gasteiger partial charge on any atom is -0.493 e. The monoisotopic (exact) mass is 399 g/mol. The van der Waals surface area contributed by atoms with Crippen LogP contribution in [0.2, 0.25) is 0 Å². The summed E-state index contributed by atoms with van der Waals surface area (Å²) in [5, 5.41) is 7.00. The molecule has 0 bridgehead atoms. The Kier molecular flexibility index (Phi) is 6.54. The molecular formula is C20H21N3O4S. The molecule has 28 heavy (non-hydrogen) atoms. The number of carbonyl (C=O) groups excluding carboxylic acids is 1. The molecule has 1 N–H and O–H groups in total. The van der Waals surface area contributed by atoms with E-state index in [1.807, 2.05) is 30.3 Å². The summed E-state index contributed by atoms with van der Waals surface area (Å²) < 4.78 is 12.0. The molecule has 0 aliphatic carbocycles. The van der Waals surface area contributed by atoms with Gasteiger partial charge in [0.25, 0.3) is 0 Å². The van der Waals surface area contributed by atoms with Crippen molar-refractivity contribution >= 4 is 17.5 Å². The van der Waals surface area contributed by atoms with Crippen LogP contribution in [0.3, 0.4) is 0 Å². The van der Waals surface area contributed by atoms with Crippen LogP contribution in [0, 0.1) is 0 Å². The van der Waals surface area contributed by atoms with Crippen molar-refractivity contribution < 1.29 is 14.3 Å². The quantitative estimate of drug-likeness (QED) is 0.440. The van der Waals surface area contributed by atoms with Crippen molar-refractivity contribution in [3.63, 3.8) is 0 Å². The van der Waals surface area contributed by atoms with E-state index in [1.54, 1.807) is 29.9 Å². The van der Waals surface area contributed by atoms with E-state index < -0.39 is 0 Å². The summed E-state index contributed by atoms with van der Waals surface area (Å²) >= 11 is 1.23. The van der Waals surface area contributed by atoms with Crippen LogP contribution in [-0.2, 0) is 13.0 Å². The summed E-state index contributed by atoms with van der Waals surface area (Å²) in [5.41, 5.74) is 1.36. The molecule has 0 aliphatic rings. The topological polar surface area (TPSA) is 86.2 Å². The average Bonchev–Trinajstić information content (AvgIpc) is 3.10. The third kappa shape index (κ3) is 4.64. The van der Waals surface area contributed by atoms with Gasteiger partial charge in [-0.25, -0.2) is 9.89 Å². The molecule has 0 unspecified atom stereocenters. The second-order valence-electron chi connectivity index (χ2n) is 5.98. The number of nitrogens with one attached hydrogen (secondary N) is 1. The van der Waals surface area contributed by atoms with Gasteiger partial charge in [-0.05, 0) is 30.2 Å². The van der Waals surface area contributed by atoms with Crippen molar-refractivity contribution in [1.29, 1.82) is 0 Å². The van der Waals surface area contributed by atoms with Gasteiger partial charge in [0, 0.05) is 12.1 Å². The molecule has 146 valence electrons. The van der Waals surface area contributed by atoms with E-state index in [2.05, 4.69) is 10.2 Å². The van der Waals surface area contributed by atoms with Gasteiger partial charge in [-0.3, -0.25) is 9.36 Å². The van der Waals surface area contributed by atoms with Gasteiger partial charge in [-0.2, -0.15) is 0 Å². The van der Waals surface area contributed by atoms with Gasteiger partial charge in [0.05, 0.1) is 20.0 Å². The molecule has 0 atom stereocenters. The highest BCUT2D eigenvalue weighted by molar-refractivity contribution is 7.99. The Hall–Kier alpha value is -3.00. The fraction of sp³-hybridized carbons (Fsp3) is 0.250. The highest BCUT2D eigenvalue weighted by Gasteiger charge is 2.14. The van der Waals surface area contributed by atoms with Crippen molar-refractivity contribution in [1.82, 2.24) is 14.8 Å². The number of hydrogen-bond acceptors (Lipinski definition) is 6. The maximum atomic E-state index is 12.5. The number of aromatic amines is 1. The summed E-state index contributed by atoms with van der Waals surface area (Å²) in [6.45, 7) is 0.492. The van der Waals surface area contributed by atoms with E-state index in [4.69, 9.17) is 9.47 Å². The third-order valence-corrected chi connectivity index (χ3v) is 5.20. The molecule has 0 spiro atoms. The average molecular weight is 399 g/mol. The number of methoxy groups -OCH3 is 2. The van der Waals surface area contributed by atoms with E-state index >= 15 is 0 Å². The summed E-state index contributed by atoms with van der Waals surface area (Å²) in [6.07, 6.45) is 0.706. The fourth-order valence-corrected chi connectivity index (χ4v) is 3.59. The van der Waals surface area contributed by atoms with Crippen LogP contribution < -0.4 is 15.2 Å². The second kappa shape index (κ2) is 9.27. The molecular weight excluding hydrogens is 378 g/mol. The molecule has 2 aromatic carbocycles. The number of thioether (sulfide) groups is 1. The minimum atomic E-state index is -0.281. The Balaban J connectivity index is 1.66. The first kappa shape index (κ1) is 19.8. The molecule has 3 rings (SSSR count). The van der Waals surface area contributed by atoms with E-state index in [1.165, 1.54) is 18.9 Å². The molecule has 7 nitrogen and oxygen atoms in total. The van der Waals surface area contributed by atoms with Crippen LogP contribution in [0.4, 0.5) is 0 Å². The predicted octanol–water partition coefficient (Wildman–Crippen LogP) is 2.81. The molecule has 3 aromatic rings. The van der Waals surface area contributed by atoms with Gasteiger partial charge in [0.15, 0.2) is 22.4 Å². The Morgan fingerprint density at radius 3 is 2.57 bits per heavy atom. The van der Waals surface area contributed by atoms with Crippen molar-refractivity contribution in [3.8, 4) is 11.5 Å². The number of benzene rings is 2. The molecule has 0 fully saturated rings. The van der Waals surface area contributed by atoms with E-state index in [-0.39, 0.29) is 17.2 Å². The van der Waals surface area contributed by atoms with Gasteiger partial charge in [-0.1, -0.05) is 42.1 Å². The van der Waals surface area contributed by atoms with Crippen LogP contribution in [0.1, 0.15) is 15.9 Å². The molecule has 1 aromatic heterocycles. The van der Waals surface area contributed by atoms with E-state index in [0.717, 1.165) is 5.56 Å². The summed E-state index contributed by atoms with van der Waals surface area (Å²) in [5.74, 6) is 1.13. The lowest BCUT2D eigenvalue weighted by atomic mass is 10.1. The number of Topliss-reactive ketones (excluding diaryl/α,β-unsaturated/α-hetero) is 1. The summed E-state index contributed by atoms with van der Waals surface area (Å²) in [4.78, 5) is 24.6. The molecule has 0 amide bonds. The molecule has 0 saturated carbocycles. The number of aromatic nitrogens is 3. The van der Waals surface area contributed by atoms with E-state index in [9.17, 15) is 9.59 Å². The predicted molar refractivity (Wildman–Crippen MR) is 108 cm³/mol. The van der Waals surface area contributed by atoms with Crippen LogP contribution in [-0.4, -0.2) is 40.5 Å². The number of carbonyl (C=O) groups is 1. The first-order chi connectivity index (χ1) is 13.6. The molecule has 0 aliphatic heterocycles. The highest BCUT2D eigenvalue weighted by Crippen LogP contribution is 2.28. The molecule has 0 radical (unpaired) electrons. The molecule has 8 heteroatoms. The van der Waals surface area contributed by atoms with Crippen molar-refractivity contribution in [2.45, 2.75) is 18.1 Å². The number of nitrogens with zero attached hydrogens (tertiary/aromatic N) is 2. The van der Waals surface area contributed by atoms with Crippen LogP contribution in [0.5, 0.6) is 11.5 Å². The number of aryl methyl sites for hydroxylation is 1. The normalized spacial score (nSPS) is 10.6. The standard InChI is InChI=1S/C20H21N3O4S/c1-26-17-9-8-15(12-18(17)27-2)16(24)13-28-20-22-21-19(25)23(20)11-10-14-6-4-3-5-7-14/h3-9,12H,10-11,13H2,1-2H3,(H,21,25). The van der Waals surface area contributed by atoms with Gasteiger partial charge < -0.3 is 9.47 Å². The molecule has 1 heterocycles. The maximum Gasteiger partial charge on any atom is 0.343 e. The van der Waals surface area contributed by atoms with Crippen molar-refractivity contribution in [3.05, 3.63) is 70.1 Å². The van der Waals surface area contributed by atoms with Crippen molar-refractivity contribution in [2.75, 3.05) is 20.0 Å². The zero-order valence-electron chi connectivity index (χ0n) is 15.7. The van der Waals surface area contributed by atoms with Crippen LogP contribution in [0.15, 0.2) is 58.5 Å². The highest BCUT2D eigenvalue weighted by atomic mass is 32.2.